The van der Waals surface area contributed by atoms with Gasteiger partial charge < -0.3 is 14.4 Å². The molecule has 0 saturated heterocycles. The standard InChI is InChI=1S/C24H31N3O3/c1-16-11-22-21(17(2)13-24(3,4)27(22)5)12-18(16)14-25-26-23(28)15-30-20-9-7-19(29-6)8-10-20/h7-12,14,17H,13,15H2,1-6H3,(H,26,28)/b25-14-. The molecule has 6 nitrogen and oxygen atoms in total. The third-order valence-electron chi connectivity index (χ3n) is 5.84. The number of carbonyl (C=O) groups excluding carboxylic acids is 1. The highest BCUT2D eigenvalue weighted by molar-refractivity contribution is 5.86. The van der Waals surface area contributed by atoms with Gasteiger partial charge in [-0.3, -0.25) is 4.79 Å². The fourth-order valence-electron chi connectivity index (χ4n) is 3.90. The van der Waals surface area contributed by atoms with E-state index in [2.05, 4.69) is 62.3 Å². The summed E-state index contributed by atoms with van der Waals surface area (Å²) in [7, 11) is 3.76. The Labute approximate surface area is 178 Å². The van der Waals surface area contributed by atoms with Gasteiger partial charge in [-0.05, 0) is 86.2 Å². The van der Waals surface area contributed by atoms with E-state index in [0.29, 0.717) is 11.7 Å². The largest absolute Gasteiger partial charge is 0.497 e. The number of hydrogen-bond donors (Lipinski definition) is 1. The van der Waals surface area contributed by atoms with E-state index in [1.807, 2.05) is 0 Å². The average molecular weight is 410 g/mol. The number of nitrogens with zero attached hydrogens (tertiary/aromatic N) is 2. The van der Waals surface area contributed by atoms with Gasteiger partial charge in [0.1, 0.15) is 11.5 Å². The summed E-state index contributed by atoms with van der Waals surface area (Å²) in [6, 6.07) is 11.5. The number of nitrogens with one attached hydrogen (secondary N) is 1. The topological polar surface area (TPSA) is 63.2 Å². The number of fused-ring (bicyclic) bond motifs is 1. The van der Waals surface area contributed by atoms with Crippen molar-refractivity contribution in [2.24, 2.45) is 5.10 Å². The van der Waals surface area contributed by atoms with E-state index in [9.17, 15) is 4.79 Å². The Hall–Kier alpha value is -3.02. The molecule has 0 aliphatic carbocycles. The predicted octanol–water partition coefficient (Wildman–Crippen LogP) is 4.25. The molecule has 1 aliphatic rings. The molecule has 1 unspecified atom stereocenters. The molecule has 2 aromatic rings. The van der Waals surface area contributed by atoms with Crippen molar-refractivity contribution in [3.63, 3.8) is 0 Å². The van der Waals surface area contributed by atoms with E-state index < -0.39 is 0 Å². The van der Waals surface area contributed by atoms with E-state index in [4.69, 9.17) is 9.47 Å². The van der Waals surface area contributed by atoms with Gasteiger partial charge in [0.25, 0.3) is 5.91 Å². The van der Waals surface area contributed by atoms with Gasteiger partial charge in [-0.25, -0.2) is 5.43 Å². The second-order valence-electron chi connectivity index (χ2n) is 8.50. The number of methoxy groups -OCH3 is 1. The summed E-state index contributed by atoms with van der Waals surface area (Å²) in [4.78, 5) is 14.4. The monoisotopic (exact) mass is 409 g/mol. The SMILES string of the molecule is COc1ccc(OCC(=O)N/N=C\c2cc3c(cc2C)N(C)C(C)(C)CC3C)cc1. The molecule has 0 spiro atoms. The van der Waals surface area contributed by atoms with E-state index in [1.54, 1.807) is 37.6 Å². The van der Waals surface area contributed by atoms with Crippen molar-refractivity contribution in [1.82, 2.24) is 5.43 Å². The summed E-state index contributed by atoms with van der Waals surface area (Å²) in [5, 5.41) is 4.13. The van der Waals surface area contributed by atoms with Crippen LogP contribution in [0.4, 0.5) is 5.69 Å². The molecule has 1 N–H and O–H groups in total. The van der Waals surface area contributed by atoms with Crippen LogP contribution in [0.15, 0.2) is 41.5 Å². The lowest BCUT2D eigenvalue weighted by Gasteiger charge is -2.45. The molecule has 6 heteroatoms. The summed E-state index contributed by atoms with van der Waals surface area (Å²) >= 11 is 0. The van der Waals surface area contributed by atoms with Crippen LogP contribution in [-0.4, -0.2) is 38.4 Å². The van der Waals surface area contributed by atoms with Crippen molar-refractivity contribution >= 4 is 17.8 Å². The molecular formula is C24H31N3O3. The van der Waals surface area contributed by atoms with E-state index >= 15 is 0 Å². The van der Waals surface area contributed by atoms with Crippen molar-refractivity contribution in [3.05, 3.63) is 53.1 Å². The molecule has 0 bridgehead atoms. The predicted molar refractivity (Wildman–Crippen MR) is 121 cm³/mol. The zero-order valence-corrected chi connectivity index (χ0v) is 18.7. The smallest absolute Gasteiger partial charge is 0.277 e. The van der Waals surface area contributed by atoms with Crippen LogP contribution in [0.5, 0.6) is 11.5 Å². The van der Waals surface area contributed by atoms with Crippen LogP contribution in [0.3, 0.4) is 0 Å². The van der Waals surface area contributed by atoms with Crippen LogP contribution in [0.25, 0.3) is 0 Å². The summed E-state index contributed by atoms with van der Waals surface area (Å²) < 4.78 is 10.6. The fourth-order valence-corrected chi connectivity index (χ4v) is 3.90. The minimum absolute atomic E-state index is 0.107. The Morgan fingerprint density at radius 3 is 2.60 bits per heavy atom. The number of hydrazone groups is 1. The first-order valence-electron chi connectivity index (χ1n) is 10.2. The minimum atomic E-state index is -0.312. The van der Waals surface area contributed by atoms with Crippen LogP contribution in [0, 0.1) is 6.92 Å². The molecule has 1 heterocycles. The quantitative estimate of drug-likeness (QED) is 0.572. The normalized spacial score (nSPS) is 17.5. The van der Waals surface area contributed by atoms with Crippen molar-refractivity contribution in [2.75, 3.05) is 25.7 Å². The number of benzene rings is 2. The second-order valence-corrected chi connectivity index (χ2v) is 8.50. The van der Waals surface area contributed by atoms with Gasteiger partial charge in [-0.2, -0.15) is 5.10 Å². The Morgan fingerprint density at radius 2 is 1.93 bits per heavy atom. The van der Waals surface area contributed by atoms with Gasteiger partial charge in [-0.15, -0.1) is 0 Å². The number of hydrogen-bond acceptors (Lipinski definition) is 5. The second kappa shape index (κ2) is 8.78. The van der Waals surface area contributed by atoms with Gasteiger partial charge in [0.15, 0.2) is 6.61 Å². The average Bonchev–Trinajstić information content (AvgIpc) is 2.71. The van der Waals surface area contributed by atoms with Crippen LogP contribution < -0.4 is 19.8 Å². The molecule has 0 saturated carbocycles. The molecule has 0 radical (unpaired) electrons. The molecule has 1 amide bonds. The molecule has 3 rings (SSSR count). The third-order valence-corrected chi connectivity index (χ3v) is 5.84. The van der Waals surface area contributed by atoms with Gasteiger partial charge in [0.05, 0.1) is 13.3 Å². The zero-order valence-electron chi connectivity index (χ0n) is 18.7. The van der Waals surface area contributed by atoms with Crippen LogP contribution in [-0.2, 0) is 4.79 Å². The van der Waals surface area contributed by atoms with Crippen LogP contribution in [0.2, 0.25) is 0 Å². The maximum absolute atomic E-state index is 12.0. The first-order valence-corrected chi connectivity index (χ1v) is 10.2. The molecule has 2 aromatic carbocycles. The lowest BCUT2D eigenvalue weighted by Crippen LogP contribution is -2.45. The number of ether oxygens (including phenoxy) is 2. The zero-order chi connectivity index (χ0) is 21.9. The molecule has 0 aromatic heterocycles. The highest BCUT2D eigenvalue weighted by atomic mass is 16.5. The Bertz CT molecular complexity index is 935. The van der Waals surface area contributed by atoms with E-state index in [0.717, 1.165) is 23.3 Å². The number of rotatable bonds is 6. The fraction of sp³-hybridized carbons (Fsp3) is 0.417. The molecule has 1 atom stereocenters. The molecule has 1 aliphatic heterocycles. The third kappa shape index (κ3) is 4.75. The van der Waals surface area contributed by atoms with Crippen molar-refractivity contribution < 1.29 is 14.3 Å². The number of amides is 1. The van der Waals surface area contributed by atoms with Gasteiger partial charge >= 0.3 is 0 Å². The Morgan fingerprint density at radius 1 is 1.27 bits per heavy atom. The van der Waals surface area contributed by atoms with Crippen molar-refractivity contribution in [1.29, 1.82) is 0 Å². The number of anilines is 1. The highest BCUT2D eigenvalue weighted by Gasteiger charge is 2.34. The number of aryl methyl sites for hydroxylation is 1. The van der Waals surface area contributed by atoms with Crippen LogP contribution in [0.1, 0.15) is 49.8 Å². The van der Waals surface area contributed by atoms with Crippen molar-refractivity contribution in [2.45, 2.75) is 45.6 Å². The minimum Gasteiger partial charge on any atom is -0.497 e. The maximum atomic E-state index is 12.0. The van der Waals surface area contributed by atoms with Gasteiger partial charge in [0.2, 0.25) is 0 Å². The maximum Gasteiger partial charge on any atom is 0.277 e. The summed E-state index contributed by atoms with van der Waals surface area (Å²) in [5.74, 6) is 1.49. The first kappa shape index (κ1) is 21.7. The molecule has 30 heavy (non-hydrogen) atoms. The lowest BCUT2D eigenvalue weighted by atomic mass is 9.79. The van der Waals surface area contributed by atoms with Crippen LogP contribution >= 0.6 is 0 Å². The Kier molecular flexibility index (Phi) is 6.34. The first-order chi connectivity index (χ1) is 14.2. The summed E-state index contributed by atoms with van der Waals surface area (Å²) in [6.45, 7) is 8.78. The summed E-state index contributed by atoms with van der Waals surface area (Å²) in [6.07, 6.45) is 2.79. The van der Waals surface area contributed by atoms with E-state index in [1.165, 1.54) is 11.3 Å². The van der Waals surface area contributed by atoms with E-state index in [-0.39, 0.29) is 18.1 Å². The molecule has 0 fully saturated rings. The van der Waals surface area contributed by atoms with Crippen molar-refractivity contribution in [3.8, 4) is 11.5 Å². The number of carbonyl (C=O) groups is 1. The summed E-state index contributed by atoms with van der Waals surface area (Å²) in [5.41, 5.74) is 7.38. The lowest BCUT2D eigenvalue weighted by molar-refractivity contribution is -0.123. The molecule has 160 valence electrons. The van der Waals surface area contributed by atoms with Gasteiger partial charge in [-0.1, -0.05) is 6.92 Å². The molecular weight excluding hydrogens is 378 g/mol. The Balaban J connectivity index is 1.62. The highest BCUT2D eigenvalue weighted by Crippen LogP contribution is 2.43. The van der Waals surface area contributed by atoms with Gasteiger partial charge in [0, 0.05) is 18.3 Å².